The van der Waals surface area contributed by atoms with E-state index >= 15 is 0 Å². The molecule has 35 heavy (non-hydrogen) atoms. The van der Waals surface area contributed by atoms with Gasteiger partial charge in [-0.2, -0.15) is 9.41 Å². The molecule has 0 unspecified atom stereocenters. The largest absolute Gasteiger partial charge is 0.347 e. The summed E-state index contributed by atoms with van der Waals surface area (Å²) in [6.07, 6.45) is 5.00. The van der Waals surface area contributed by atoms with Crippen molar-refractivity contribution in [3.8, 4) is 0 Å². The third-order valence-electron chi connectivity index (χ3n) is 5.36. The molecule has 0 saturated carbocycles. The molecular weight excluding hydrogens is 509 g/mol. The summed E-state index contributed by atoms with van der Waals surface area (Å²) in [5.41, 5.74) is 4.89. The number of aromatic nitrogens is 1. The molecule has 1 aromatic heterocycles. The molecule has 0 amide bonds. The lowest BCUT2D eigenvalue weighted by molar-refractivity contribution is 0.410. The number of nitrogens with zero attached hydrogens (tertiary/aromatic N) is 3. The van der Waals surface area contributed by atoms with Crippen molar-refractivity contribution in [1.82, 2.24) is 14.3 Å². The summed E-state index contributed by atoms with van der Waals surface area (Å²) in [7, 11) is -3.61. The van der Waals surface area contributed by atoms with Gasteiger partial charge in [0, 0.05) is 48.0 Å². The van der Waals surface area contributed by atoms with E-state index in [9.17, 15) is 12.8 Å². The lowest BCUT2D eigenvalue weighted by Gasteiger charge is -2.21. The molecule has 3 aromatic rings. The van der Waals surface area contributed by atoms with E-state index in [1.807, 2.05) is 37.6 Å². The third-order valence-corrected chi connectivity index (χ3v) is 7.73. The maximum Gasteiger partial charge on any atom is 0.243 e. The molecule has 0 bridgehead atoms. The van der Waals surface area contributed by atoms with Crippen LogP contribution in [0.4, 0.5) is 10.1 Å². The maximum atomic E-state index is 13.3. The van der Waals surface area contributed by atoms with Crippen molar-refractivity contribution >= 4 is 61.8 Å². The number of benzene rings is 2. The molecule has 0 aliphatic heterocycles. The van der Waals surface area contributed by atoms with Crippen LogP contribution in [0, 0.1) is 5.82 Å². The van der Waals surface area contributed by atoms with Crippen LogP contribution in [0.15, 0.2) is 52.6 Å². The summed E-state index contributed by atoms with van der Waals surface area (Å²) < 4.78 is 43.5. The number of hydrazone groups is 1. The summed E-state index contributed by atoms with van der Waals surface area (Å²) in [6, 6.07) is 9.37. The Morgan fingerprint density at radius 2 is 1.89 bits per heavy atom. The Bertz CT molecular complexity index is 1340. The fourth-order valence-electron chi connectivity index (χ4n) is 3.72. The van der Waals surface area contributed by atoms with Crippen LogP contribution in [0.1, 0.15) is 39.2 Å². The van der Waals surface area contributed by atoms with Gasteiger partial charge in [0.15, 0.2) is 5.11 Å². The zero-order valence-electron chi connectivity index (χ0n) is 19.9. The average Bonchev–Trinajstić information content (AvgIpc) is 3.18. The van der Waals surface area contributed by atoms with Gasteiger partial charge in [0.1, 0.15) is 5.82 Å². The second-order valence-corrected chi connectivity index (χ2v) is 10.7. The second-order valence-electron chi connectivity index (χ2n) is 7.91. The highest BCUT2D eigenvalue weighted by Crippen LogP contribution is 2.26. The molecule has 0 spiro atoms. The molecule has 0 aliphatic carbocycles. The van der Waals surface area contributed by atoms with Gasteiger partial charge < -0.3 is 9.88 Å². The van der Waals surface area contributed by atoms with Gasteiger partial charge in [-0.3, -0.25) is 5.43 Å². The molecule has 0 atom stereocenters. The van der Waals surface area contributed by atoms with Crippen molar-refractivity contribution in [3.63, 3.8) is 0 Å². The lowest BCUT2D eigenvalue weighted by Crippen LogP contribution is -2.32. The number of anilines is 1. The Labute approximate surface area is 216 Å². The van der Waals surface area contributed by atoms with Gasteiger partial charge >= 0.3 is 0 Å². The third kappa shape index (κ3) is 6.38. The smallest absolute Gasteiger partial charge is 0.243 e. The molecule has 7 nitrogen and oxygen atoms in total. The molecule has 1 heterocycles. The van der Waals surface area contributed by atoms with E-state index in [-0.39, 0.29) is 15.0 Å². The predicted octanol–water partition coefficient (Wildman–Crippen LogP) is 5.58. The summed E-state index contributed by atoms with van der Waals surface area (Å²) in [6.45, 7) is 7.62. The monoisotopic (exact) mass is 537 g/mol. The molecule has 0 aliphatic rings. The van der Waals surface area contributed by atoms with Crippen LogP contribution < -0.4 is 10.7 Å². The van der Waals surface area contributed by atoms with Crippen molar-refractivity contribution in [2.24, 2.45) is 5.10 Å². The number of aryl methyl sites for hydroxylation is 1. The van der Waals surface area contributed by atoms with Gasteiger partial charge in [-0.1, -0.05) is 25.4 Å². The topological polar surface area (TPSA) is 78.7 Å². The van der Waals surface area contributed by atoms with Crippen molar-refractivity contribution in [3.05, 3.63) is 59.0 Å². The Morgan fingerprint density at radius 3 is 2.51 bits per heavy atom. The molecule has 11 heteroatoms. The first-order valence-corrected chi connectivity index (χ1v) is 13.6. The van der Waals surface area contributed by atoms with Crippen molar-refractivity contribution in [2.45, 2.75) is 45.1 Å². The van der Waals surface area contributed by atoms with Gasteiger partial charge in [-0.05, 0) is 68.4 Å². The van der Waals surface area contributed by atoms with Crippen LogP contribution >= 0.6 is 23.8 Å². The van der Waals surface area contributed by atoms with Gasteiger partial charge in [0.05, 0.1) is 16.1 Å². The first kappa shape index (κ1) is 27.1. The number of hydrogen-bond donors (Lipinski definition) is 2. The average molecular weight is 538 g/mol. The standard InChI is InChI=1S/C24H29ClFN5O2S2/c1-4-11-31(12-5-2)35(32,33)19-8-10-23-20(14-19)17(16-30(23)6-3)15-27-29-24(34)28-18-7-9-22(26)21(25)13-18/h7-10,13-16H,4-6,11-12H2,1-3H3,(H2,28,29,34)/b27-15-. The maximum absolute atomic E-state index is 13.3. The zero-order chi connectivity index (χ0) is 25.6. The highest BCUT2D eigenvalue weighted by molar-refractivity contribution is 7.89. The predicted molar refractivity (Wildman–Crippen MR) is 145 cm³/mol. The van der Waals surface area contributed by atoms with E-state index in [0.717, 1.165) is 29.3 Å². The molecular formula is C24H29ClFN5O2S2. The lowest BCUT2D eigenvalue weighted by atomic mass is 10.2. The van der Waals surface area contributed by atoms with Crippen LogP contribution in [0.3, 0.4) is 0 Å². The van der Waals surface area contributed by atoms with Crippen LogP contribution in [0.2, 0.25) is 5.02 Å². The Kier molecular flexibility index (Phi) is 9.23. The summed E-state index contributed by atoms with van der Waals surface area (Å²) in [5, 5.41) is 8.03. The van der Waals surface area contributed by atoms with Gasteiger partial charge in [-0.15, -0.1) is 0 Å². The fourth-order valence-corrected chi connectivity index (χ4v) is 5.72. The Morgan fingerprint density at radius 1 is 1.17 bits per heavy atom. The Balaban J connectivity index is 1.85. The highest BCUT2D eigenvalue weighted by Gasteiger charge is 2.24. The summed E-state index contributed by atoms with van der Waals surface area (Å²) in [5.74, 6) is -0.518. The summed E-state index contributed by atoms with van der Waals surface area (Å²) >= 11 is 11.0. The number of hydrogen-bond acceptors (Lipinski definition) is 4. The number of fused-ring (bicyclic) bond motifs is 1. The molecule has 3 rings (SSSR count). The molecule has 0 saturated heterocycles. The van der Waals surface area contributed by atoms with Crippen LogP contribution in [0.25, 0.3) is 10.9 Å². The van der Waals surface area contributed by atoms with Gasteiger partial charge in [0.25, 0.3) is 0 Å². The number of rotatable bonds is 10. The van der Waals surface area contributed by atoms with E-state index in [1.165, 1.54) is 22.5 Å². The number of sulfonamides is 1. The normalized spacial score (nSPS) is 12.1. The SMILES string of the molecule is CCCN(CCC)S(=O)(=O)c1ccc2c(c1)c(/C=N\NC(=S)Nc1ccc(F)c(Cl)c1)cn2CC. The zero-order valence-corrected chi connectivity index (χ0v) is 22.3. The second kappa shape index (κ2) is 11.9. The minimum Gasteiger partial charge on any atom is -0.347 e. The fraction of sp³-hybridized carbons (Fsp3) is 0.333. The van der Waals surface area contributed by atoms with Crippen molar-refractivity contribution in [2.75, 3.05) is 18.4 Å². The van der Waals surface area contributed by atoms with Gasteiger partial charge in [0.2, 0.25) is 10.0 Å². The van der Waals surface area contributed by atoms with Crippen LogP contribution in [-0.4, -0.2) is 41.7 Å². The van der Waals surface area contributed by atoms with Crippen LogP contribution in [0.5, 0.6) is 0 Å². The minimum atomic E-state index is -3.61. The number of nitrogens with one attached hydrogen (secondary N) is 2. The molecule has 2 N–H and O–H groups in total. The highest BCUT2D eigenvalue weighted by atomic mass is 35.5. The summed E-state index contributed by atoms with van der Waals surface area (Å²) in [4.78, 5) is 0.258. The van der Waals surface area contributed by atoms with E-state index in [2.05, 4.69) is 15.8 Å². The number of thiocarbonyl (C=S) groups is 1. The minimum absolute atomic E-state index is 0.0177. The first-order chi connectivity index (χ1) is 16.7. The van der Waals surface area contributed by atoms with E-state index in [4.69, 9.17) is 23.8 Å². The van der Waals surface area contributed by atoms with E-state index in [1.54, 1.807) is 18.3 Å². The molecule has 0 radical (unpaired) electrons. The van der Waals surface area contributed by atoms with Crippen molar-refractivity contribution in [1.29, 1.82) is 0 Å². The molecule has 0 fully saturated rings. The molecule has 188 valence electrons. The Hall–Kier alpha value is -2.53. The van der Waals surface area contributed by atoms with E-state index in [0.29, 0.717) is 25.3 Å². The quantitative estimate of drug-likeness (QED) is 0.200. The van der Waals surface area contributed by atoms with Crippen molar-refractivity contribution < 1.29 is 12.8 Å². The number of halogens is 2. The van der Waals surface area contributed by atoms with Crippen LogP contribution in [-0.2, 0) is 16.6 Å². The first-order valence-electron chi connectivity index (χ1n) is 11.4. The van der Waals surface area contributed by atoms with Gasteiger partial charge in [-0.25, -0.2) is 12.8 Å². The van der Waals surface area contributed by atoms with E-state index < -0.39 is 15.8 Å². The molecule has 2 aromatic carbocycles.